The number of carbonyl (C=O) groups excluding carboxylic acids is 2. The van der Waals surface area contributed by atoms with Gasteiger partial charge in [-0.1, -0.05) is 25.0 Å². The van der Waals surface area contributed by atoms with E-state index in [-0.39, 0.29) is 24.3 Å². The molecule has 3 aromatic heterocycles. The van der Waals surface area contributed by atoms with Gasteiger partial charge in [0.05, 0.1) is 40.7 Å². The summed E-state index contributed by atoms with van der Waals surface area (Å²) in [5, 5.41) is 0. The SMILES string of the molecule is CC(C)(C)OC(=O)N1CCC[C@H]1c1ncc(-c2ccc(-c3ccc(-c4cnc([C@@H]5CCCN5C(=O)OC(C)(C)C)[nH]4)c4c3CC3(CCCC3)C4)s2)[nH]1. The zero-order valence-corrected chi connectivity index (χ0v) is 32.3. The molecule has 2 aliphatic carbocycles. The van der Waals surface area contributed by atoms with E-state index >= 15 is 0 Å². The molecule has 1 saturated carbocycles. The van der Waals surface area contributed by atoms with Gasteiger partial charge in [-0.15, -0.1) is 11.3 Å². The highest BCUT2D eigenvalue weighted by Gasteiger charge is 2.42. The first-order chi connectivity index (χ1) is 24.8. The van der Waals surface area contributed by atoms with Gasteiger partial charge in [0.2, 0.25) is 0 Å². The number of rotatable bonds is 5. The molecule has 2 amide bonds. The predicted molar refractivity (Wildman–Crippen MR) is 203 cm³/mol. The van der Waals surface area contributed by atoms with E-state index in [2.05, 4.69) is 34.2 Å². The summed E-state index contributed by atoms with van der Waals surface area (Å²) < 4.78 is 11.4. The number of amides is 2. The lowest BCUT2D eigenvalue weighted by atomic mass is 9.83. The van der Waals surface area contributed by atoms with Crippen molar-refractivity contribution in [1.82, 2.24) is 29.7 Å². The minimum Gasteiger partial charge on any atom is -0.444 e. The number of ether oxygens (including phenoxy) is 2. The van der Waals surface area contributed by atoms with Crippen molar-refractivity contribution in [1.29, 1.82) is 0 Å². The summed E-state index contributed by atoms with van der Waals surface area (Å²) in [6.45, 7) is 12.8. The Morgan fingerprint density at radius 3 is 1.79 bits per heavy atom. The summed E-state index contributed by atoms with van der Waals surface area (Å²) >= 11 is 1.79. The lowest BCUT2D eigenvalue weighted by molar-refractivity contribution is 0.0208. The second kappa shape index (κ2) is 13.1. The Bertz CT molecular complexity index is 1970. The molecule has 2 atom stereocenters. The highest BCUT2D eigenvalue weighted by Crippen LogP contribution is 2.53. The molecule has 8 rings (SSSR count). The van der Waals surface area contributed by atoms with Crippen molar-refractivity contribution in [3.05, 3.63) is 59.4 Å². The zero-order valence-electron chi connectivity index (χ0n) is 31.4. The van der Waals surface area contributed by atoms with Crippen LogP contribution >= 0.6 is 11.3 Å². The Labute approximate surface area is 310 Å². The van der Waals surface area contributed by atoms with Crippen molar-refractivity contribution < 1.29 is 19.1 Å². The van der Waals surface area contributed by atoms with Gasteiger partial charge < -0.3 is 19.4 Å². The summed E-state index contributed by atoms with van der Waals surface area (Å²) in [4.78, 5) is 48.9. The van der Waals surface area contributed by atoms with E-state index in [4.69, 9.17) is 19.4 Å². The number of H-pyrrole nitrogens is 2. The van der Waals surface area contributed by atoms with E-state index in [1.54, 1.807) is 11.3 Å². The molecule has 0 bridgehead atoms. The van der Waals surface area contributed by atoms with Crippen LogP contribution in [0.4, 0.5) is 9.59 Å². The first-order valence-electron chi connectivity index (χ1n) is 19.1. The largest absolute Gasteiger partial charge is 0.444 e. The van der Waals surface area contributed by atoms with Crippen LogP contribution in [-0.2, 0) is 22.3 Å². The normalized spacial score (nSPS) is 21.3. The summed E-state index contributed by atoms with van der Waals surface area (Å²) in [6.07, 6.45) is 14.2. The lowest BCUT2D eigenvalue weighted by Crippen LogP contribution is -2.36. The molecule has 11 heteroatoms. The van der Waals surface area contributed by atoms with Crippen LogP contribution in [0, 0.1) is 5.41 Å². The molecule has 0 unspecified atom stereocenters. The van der Waals surface area contributed by atoms with E-state index in [0.717, 1.165) is 66.4 Å². The molecule has 4 aromatic rings. The number of nitrogens with zero attached hydrogens (tertiary/aromatic N) is 4. The van der Waals surface area contributed by atoms with Crippen LogP contribution in [0.15, 0.2) is 36.7 Å². The molecule has 0 radical (unpaired) electrons. The number of hydrogen-bond acceptors (Lipinski definition) is 7. The van der Waals surface area contributed by atoms with Gasteiger partial charge in [0.15, 0.2) is 0 Å². The Kier molecular flexibility index (Phi) is 8.78. The van der Waals surface area contributed by atoms with Crippen molar-refractivity contribution in [2.75, 3.05) is 13.1 Å². The maximum Gasteiger partial charge on any atom is 0.410 e. The van der Waals surface area contributed by atoms with Gasteiger partial charge >= 0.3 is 12.2 Å². The van der Waals surface area contributed by atoms with Crippen LogP contribution in [0.25, 0.3) is 32.3 Å². The van der Waals surface area contributed by atoms with Crippen molar-refractivity contribution in [3.8, 4) is 32.3 Å². The Hall–Kier alpha value is -4.12. The molecule has 10 nitrogen and oxygen atoms in total. The summed E-state index contributed by atoms with van der Waals surface area (Å²) in [5.41, 5.74) is 6.69. The zero-order chi connectivity index (χ0) is 36.4. The molecule has 1 spiro atoms. The minimum absolute atomic E-state index is 0.112. The second-order valence-electron chi connectivity index (χ2n) is 17.4. The van der Waals surface area contributed by atoms with Crippen molar-refractivity contribution in [2.24, 2.45) is 5.41 Å². The van der Waals surface area contributed by atoms with E-state index in [1.807, 2.05) is 63.7 Å². The fourth-order valence-corrected chi connectivity index (χ4v) is 9.98. The predicted octanol–water partition coefficient (Wildman–Crippen LogP) is 10.00. The minimum atomic E-state index is -0.539. The average molecular weight is 725 g/mol. The van der Waals surface area contributed by atoms with Gasteiger partial charge in [-0.3, -0.25) is 9.80 Å². The molecule has 2 saturated heterocycles. The number of nitrogens with one attached hydrogen (secondary N) is 2. The first kappa shape index (κ1) is 34.9. The van der Waals surface area contributed by atoms with Crippen LogP contribution in [0.1, 0.15) is 128 Å². The van der Waals surface area contributed by atoms with E-state index in [0.29, 0.717) is 18.5 Å². The third-order valence-corrected chi connectivity index (χ3v) is 12.4. The van der Waals surface area contributed by atoms with Crippen LogP contribution < -0.4 is 0 Å². The number of hydrogen-bond donors (Lipinski definition) is 2. The summed E-state index contributed by atoms with van der Waals surface area (Å²) in [6, 6.07) is 8.79. The lowest BCUT2D eigenvalue weighted by Gasteiger charge is -2.27. The molecule has 276 valence electrons. The molecular weight excluding hydrogens is 673 g/mol. The van der Waals surface area contributed by atoms with E-state index in [1.165, 1.54) is 52.8 Å². The van der Waals surface area contributed by atoms with Crippen molar-refractivity contribution >= 4 is 23.5 Å². The molecule has 2 aliphatic heterocycles. The highest BCUT2D eigenvalue weighted by molar-refractivity contribution is 7.18. The Balaban J connectivity index is 1.06. The smallest absolute Gasteiger partial charge is 0.410 e. The van der Waals surface area contributed by atoms with Crippen LogP contribution in [0.5, 0.6) is 0 Å². The fraction of sp³-hybridized carbons (Fsp3) is 0.561. The third-order valence-electron chi connectivity index (χ3n) is 11.2. The number of thiophene rings is 1. The van der Waals surface area contributed by atoms with Gasteiger partial charge in [0.25, 0.3) is 0 Å². The number of benzene rings is 1. The number of carbonyl (C=O) groups is 2. The Morgan fingerprint density at radius 2 is 1.21 bits per heavy atom. The maximum absolute atomic E-state index is 13.1. The highest BCUT2D eigenvalue weighted by atomic mass is 32.1. The van der Waals surface area contributed by atoms with Crippen molar-refractivity contribution in [3.63, 3.8) is 0 Å². The third kappa shape index (κ3) is 6.76. The molecule has 2 N–H and O–H groups in total. The Morgan fingerprint density at radius 1 is 0.712 bits per heavy atom. The number of aromatic nitrogens is 4. The van der Waals surface area contributed by atoms with Gasteiger partial charge in [0, 0.05) is 23.5 Å². The molecule has 5 heterocycles. The topological polar surface area (TPSA) is 116 Å². The number of fused-ring (bicyclic) bond motifs is 1. The van der Waals surface area contributed by atoms with Gasteiger partial charge in [0.1, 0.15) is 22.9 Å². The molecule has 4 aliphatic rings. The summed E-state index contributed by atoms with van der Waals surface area (Å²) in [7, 11) is 0. The van der Waals surface area contributed by atoms with E-state index in [9.17, 15) is 9.59 Å². The fourth-order valence-electron chi connectivity index (χ4n) is 8.95. The first-order valence-corrected chi connectivity index (χ1v) is 19.9. The maximum atomic E-state index is 13.1. The summed E-state index contributed by atoms with van der Waals surface area (Å²) in [5.74, 6) is 1.64. The molecule has 1 aromatic carbocycles. The van der Waals surface area contributed by atoms with Gasteiger partial charge in [-0.05, 0) is 127 Å². The number of aromatic amines is 2. The number of likely N-dealkylation sites (tertiary alicyclic amines) is 2. The van der Waals surface area contributed by atoms with Crippen LogP contribution in [0.2, 0.25) is 0 Å². The molecule has 52 heavy (non-hydrogen) atoms. The van der Waals surface area contributed by atoms with Crippen LogP contribution in [0.3, 0.4) is 0 Å². The monoisotopic (exact) mass is 724 g/mol. The molecular formula is C41H52N6O4S. The molecule has 3 fully saturated rings. The van der Waals surface area contributed by atoms with Crippen LogP contribution in [-0.4, -0.2) is 66.2 Å². The van der Waals surface area contributed by atoms with E-state index < -0.39 is 11.2 Å². The van der Waals surface area contributed by atoms with Gasteiger partial charge in [-0.25, -0.2) is 19.6 Å². The number of imidazole rings is 2. The second-order valence-corrected chi connectivity index (χ2v) is 18.5. The van der Waals surface area contributed by atoms with Gasteiger partial charge in [-0.2, -0.15) is 0 Å². The standard InChI is InChI=1S/C41H52N6O4S/c1-39(2,3)50-37(48)46-19-9-11-31(46)35-42-23-29(44-35)25-13-14-26(28-22-41(21-27(25)28)17-7-8-18-41)33-15-16-34(52-33)30-24-43-36(45-30)32-12-10-20-47(32)38(49)51-40(4,5)6/h13-16,23-24,31-32H,7-12,17-22H2,1-6H3,(H,42,44)(H,43,45)/t31-,32-/m0/s1. The van der Waals surface area contributed by atoms with Crippen molar-refractivity contribution in [2.45, 2.75) is 129 Å². The average Bonchev–Trinajstić information content (AvgIpc) is 3.92. The quantitative estimate of drug-likeness (QED) is 0.212.